The van der Waals surface area contributed by atoms with Crippen LogP contribution >= 0.6 is 22.9 Å². The molecule has 0 spiro atoms. The summed E-state index contributed by atoms with van der Waals surface area (Å²) in [4.78, 5) is 21.2. The molecule has 23 heavy (non-hydrogen) atoms. The van der Waals surface area contributed by atoms with Gasteiger partial charge in [0, 0.05) is 18.0 Å². The molecule has 0 radical (unpaired) electrons. The van der Waals surface area contributed by atoms with Gasteiger partial charge in [-0.1, -0.05) is 41.9 Å². The minimum atomic E-state index is -0.223. The van der Waals surface area contributed by atoms with Gasteiger partial charge in [-0.15, -0.1) is 11.3 Å². The molecule has 1 aromatic carbocycles. The molecule has 1 unspecified atom stereocenters. The minimum Gasteiger partial charge on any atom is -0.345 e. The van der Waals surface area contributed by atoms with E-state index in [1.165, 1.54) is 11.3 Å². The molecule has 1 atom stereocenters. The monoisotopic (exact) mass is 343 g/mol. The number of pyridine rings is 1. The van der Waals surface area contributed by atoms with Gasteiger partial charge >= 0.3 is 0 Å². The number of carbonyl (C=O) groups is 1. The summed E-state index contributed by atoms with van der Waals surface area (Å²) in [6, 6.07) is 13.4. The Labute approximate surface area is 143 Å². The van der Waals surface area contributed by atoms with E-state index in [1.807, 2.05) is 49.4 Å². The third-order valence-electron chi connectivity index (χ3n) is 3.35. The van der Waals surface area contributed by atoms with Crippen molar-refractivity contribution in [1.82, 2.24) is 15.3 Å². The largest absolute Gasteiger partial charge is 0.345 e. The zero-order chi connectivity index (χ0) is 16.2. The van der Waals surface area contributed by atoms with E-state index in [0.717, 1.165) is 11.1 Å². The van der Waals surface area contributed by atoms with Crippen molar-refractivity contribution in [3.63, 3.8) is 0 Å². The highest BCUT2D eigenvalue weighted by Gasteiger charge is 2.19. The Kier molecular flexibility index (Phi) is 4.69. The van der Waals surface area contributed by atoms with Crippen LogP contribution in [0.5, 0.6) is 0 Å². The molecule has 1 N–H and O–H groups in total. The maximum Gasteiger partial charge on any atom is 0.265 e. The van der Waals surface area contributed by atoms with Crippen LogP contribution in [0.4, 0.5) is 0 Å². The molecule has 0 aliphatic rings. The molecule has 116 valence electrons. The molecule has 6 heteroatoms. The first kappa shape index (κ1) is 15.6. The maximum atomic E-state index is 12.5. The highest BCUT2D eigenvalue weighted by atomic mass is 35.5. The summed E-state index contributed by atoms with van der Waals surface area (Å²) >= 11 is 7.40. The van der Waals surface area contributed by atoms with Crippen LogP contribution in [-0.4, -0.2) is 15.9 Å². The van der Waals surface area contributed by atoms with Gasteiger partial charge in [0.05, 0.1) is 6.04 Å². The number of aromatic nitrogens is 2. The molecule has 0 fully saturated rings. The molecule has 3 aromatic rings. The first-order valence-electron chi connectivity index (χ1n) is 7.07. The highest BCUT2D eigenvalue weighted by Crippen LogP contribution is 2.30. The summed E-state index contributed by atoms with van der Waals surface area (Å²) in [5.74, 6) is -0.223. The van der Waals surface area contributed by atoms with E-state index in [-0.39, 0.29) is 17.1 Å². The lowest BCUT2D eigenvalue weighted by Crippen LogP contribution is -2.26. The molecule has 4 nitrogen and oxygen atoms in total. The van der Waals surface area contributed by atoms with Gasteiger partial charge in [-0.3, -0.25) is 9.78 Å². The second kappa shape index (κ2) is 6.89. The fourth-order valence-corrected chi connectivity index (χ4v) is 3.33. The van der Waals surface area contributed by atoms with Gasteiger partial charge in [0.25, 0.3) is 5.91 Å². The Hall–Kier alpha value is -2.24. The van der Waals surface area contributed by atoms with Crippen molar-refractivity contribution in [2.75, 3.05) is 0 Å². The van der Waals surface area contributed by atoms with Crippen molar-refractivity contribution in [3.8, 4) is 10.6 Å². The van der Waals surface area contributed by atoms with Gasteiger partial charge in [0.2, 0.25) is 0 Å². The fourth-order valence-electron chi connectivity index (χ4n) is 2.14. The number of benzene rings is 1. The summed E-state index contributed by atoms with van der Waals surface area (Å²) in [6.07, 6.45) is 3.39. The second-order valence-electron chi connectivity index (χ2n) is 4.99. The van der Waals surface area contributed by atoms with Crippen molar-refractivity contribution in [2.45, 2.75) is 13.0 Å². The molecule has 0 aliphatic carbocycles. The number of nitrogens with one attached hydrogen (secondary N) is 1. The lowest BCUT2D eigenvalue weighted by Gasteiger charge is -2.13. The van der Waals surface area contributed by atoms with Crippen molar-refractivity contribution in [2.24, 2.45) is 0 Å². The number of thiazole rings is 1. The van der Waals surface area contributed by atoms with Gasteiger partial charge < -0.3 is 5.32 Å². The predicted molar refractivity (Wildman–Crippen MR) is 92.7 cm³/mol. The lowest BCUT2D eigenvalue weighted by atomic mass is 10.1. The summed E-state index contributed by atoms with van der Waals surface area (Å²) in [6.45, 7) is 1.93. The third-order valence-corrected chi connectivity index (χ3v) is 4.84. The average molecular weight is 344 g/mol. The summed E-state index contributed by atoms with van der Waals surface area (Å²) in [5.41, 5.74) is 1.88. The zero-order valence-electron chi connectivity index (χ0n) is 12.4. The molecule has 0 saturated heterocycles. The first-order chi connectivity index (χ1) is 11.1. The second-order valence-corrected chi connectivity index (χ2v) is 6.34. The zero-order valence-corrected chi connectivity index (χ0v) is 13.9. The molecule has 2 aromatic heterocycles. The molecule has 3 rings (SSSR count). The highest BCUT2D eigenvalue weighted by molar-refractivity contribution is 7.17. The van der Waals surface area contributed by atoms with Gasteiger partial charge in [-0.05, 0) is 24.6 Å². The van der Waals surface area contributed by atoms with E-state index in [0.29, 0.717) is 9.88 Å². The van der Waals surface area contributed by atoms with Gasteiger partial charge in [-0.2, -0.15) is 0 Å². The summed E-state index contributed by atoms with van der Waals surface area (Å²) < 4.78 is 0. The van der Waals surface area contributed by atoms with Crippen molar-refractivity contribution in [1.29, 1.82) is 0 Å². The number of rotatable bonds is 4. The molecule has 1 amide bonds. The lowest BCUT2D eigenvalue weighted by molar-refractivity contribution is 0.0944. The Balaban J connectivity index is 1.79. The summed E-state index contributed by atoms with van der Waals surface area (Å²) in [7, 11) is 0. The topological polar surface area (TPSA) is 54.9 Å². The average Bonchev–Trinajstić information content (AvgIpc) is 2.98. The number of hydrogen-bond acceptors (Lipinski definition) is 4. The van der Waals surface area contributed by atoms with Crippen LogP contribution in [0.25, 0.3) is 10.6 Å². The van der Waals surface area contributed by atoms with Crippen LogP contribution in [-0.2, 0) is 0 Å². The van der Waals surface area contributed by atoms with Crippen LogP contribution < -0.4 is 5.32 Å². The summed E-state index contributed by atoms with van der Waals surface area (Å²) in [5, 5.41) is 3.85. The van der Waals surface area contributed by atoms with Crippen LogP contribution in [0.15, 0.2) is 54.9 Å². The van der Waals surface area contributed by atoms with Gasteiger partial charge in [0.15, 0.2) is 5.15 Å². The Morgan fingerprint density at radius 2 is 2.00 bits per heavy atom. The Morgan fingerprint density at radius 1 is 1.22 bits per heavy atom. The molecular formula is C17H14ClN3OS. The molecule has 2 heterocycles. The van der Waals surface area contributed by atoms with Crippen LogP contribution in [0.3, 0.4) is 0 Å². The fraction of sp³-hybridized carbons (Fsp3) is 0.118. The van der Waals surface area contributed by atoms with Gasteiger partial charge in [0.1, 0.15) is 9.88 Å². The van der Waals surface area contributed by atoms with Crippen LogP contribution in [0.2, 0.25) is 5.15 Å². The number of nitrogens with zero attached hydrogens (tertiary/aromatic N) is 2. The molecule has 0 aliphatic heterocycles. The van der Waals surface area contributed by atoms with Crippen molar-refractivity contribution < 1.29 is 4.79 Å². The van der Waals surface area contributed by atoms with Crippen LogP contribution in [0.1, 0.15) is 28.2 Å². The number of halogens is 1. The first-order valence-corrected chi connectivity index (χ1v) is 8.27. The van der Waals surface area contributed by atoms with E-state index >= 15 is 0 Å². The van der Waals surface area contributed by atoms with Crippen molar-refractivity contribution in [3.05, 3.63) is 70.5 Å². The molecule has 0 bridgehead atoms. The Bertz CT molecular complexity index is 805. The predicted octanol–water partition coefficient (Wildman–Crippen LogP) is 4.35. The van der Waals surface area contributed by atoms with E-state index in [1.54, 1.807) is 12.4 Å². The number of amides is 1. The van der Waals surface area contributed by atoms with Crippen LogP contribution in [0, 0.1) is 0 Å². The standard InChI is InChI=1S/C17H14ClN3OS/c1-11(12-6-3-2-4-7-12)20-16(22)14-15(18)21-17(23-14)13-8-5-9-19-10-13/h2-11H,1H3,(H,20,22). The van der Waals surface area contributed by atoms with Gasteiger partial charge in [-0.25, -0.2) is 4.98 Å². The smallest absolute Gasteiger partial charge is 0.265 e. The van der Waals surface area contributed by atoms with E-state index < -0.39 is 0 Å². The SMILES string of the molecule is CC(NC(=O)c1sc(-c2cccnc2)nc1Cl)c1ccccc1. The minimum absolute atomic E-state index is 0.108. The maximum absolute atomic E-state index is 12.5. The van der Waals surface area contributed by atoms with E-state index in [2.05, 4.69) is 15.3 Å². The number of hydrogen-bond donors (Lipinski definition) is 1. The van der Waals surface area contributed by atoms with Crippen molar-refractivity contribution >= 4 is 28.8 Å². The Morgan fingerprint density at radius 3 is 2.70 bits per heavy atom. The van der Waals surface area contributed by atoms with E-state index in [9.17, 15) is 4.79 Å². The molecule has 0 saturated carbocycles. The third kappa shape index (κ3) is 3.57. The number of carbonyl (C=O) groups excluding carboxylic acids is 1. The molecular weight excluding hydrogens is 330 g/mol. The van der Waals surface area contributed by atoms with E-state index in [4.69, 9.17) is 11.6 Å². The quantitative estimate of drug-likeness (QED) is 0.766. The normalized spacial score (nSPS) is 11.9.